The van der Waals surface area contributed by atoms with Crippen molar-refractivity contribution in [2.45, 2.75) is 25.7 Å². The Labute approximate surface area is 187 Å². The third-order valence-electron chi connectivity index (χ3n) is 6.22. The van der Waals surface area contributed by atoms with Crippen molar-refractivity contribution in [1.29, 1.82) is 0 Å². The van der Waals surface area contributed by atoms with E-state index in [-0.39, 0.29) is 11.7 Å². The van der Waals surface area contributed by atoms with E-state index in [1.54, 1.807) is 11.2 Å². The predicted octanol–water partition coefficient (Wildman–Crippen LogP) is 2.20. The number of rotatable bonds is 7. The normalized spacial score (nSPS) is 18.6. The Balaban J connectivity index is 1.68. The number of H-pyrrole nitrogens is 1. The van der Waals surface area contributed by atoms with Crippen molar-refractivity contribution in [1.82, 2.24) is 19.7 Å². The molecule has 2 aliphatic heterocycles. The number of halogens is 1. The van der Waals surface area contributed by atoms with Crippen molar-refractivity contribution in [3.8, 4) is 0 Å². The average Bonchev–Trinajstić information content (AvgIpc) is 3.40. The molecule has 0 atom stereocenters. The summed E-state index contributed by atoms with van der Waals surface area (Å²) in [4.78, 5) is 15.4. The number of alkyl halides is 1. The molecule has 1 aromatic carbocycles. The number of piperidine rings is 1. The number of hydrogen-bond acceptors (Lipinski definition) is 5. The van der Waals surface area contributed by atoms with Crippen LogP contribution >= 0.6 is 11.6 Å². The first-order valence-electron chi connectivity index (χ1n) is 10.5. The van der Waals surface area contributed by atoms with Crippen LogP contribution in [-0.4, -0.2) is 66.4 Å². The zero-order valence-electron chi connectivity index (χ0n) is 17.5. The van der Waals surface area contributed by atoms with Gasteiger partial charge in [0.2, 0.25) is 10.0 Å². The van der Waals surface area contributed by atoms with Crippen molar-refractivity contribution in [3.05, 3.63) is 41.2 Å². The predicted molar refractivity (Wildman–Crippen MR) is 123 cm³/mol. The molecule has 0 radical (unpaired) electrons. The van der Waals surface area contributed by atoms with Gasteiger partial charge in [0.05, 0.1) is 16.8 Å². The molecular formula is C21H28ClN5O3S. The zero-order valence-corrected chi connectivity index (χ0v) is 19.1. The summed E-state index contributed by atoms with van der Waals surface area (Å²) < 4.78 is 26.0. The van der Waals surface area contributed by atoms with Crippen LogP contribution in [0.25, 0.3) is 16.5 Å². The SMILES string of the molecule is CCS(=O)(=O)N1CCC(c2c[nH]c3c(C(N)=O)cc(C4=CN(CCCl)NC4)cc23)CC1. The molecule has 4 N–H and O–H groups in total. The Morgan fingerprint density at radius 1 is 1.29 bits per heavy atom. The molecule has 10 heteroatoms. The minimum absolute atomic E-state index is 0.125. The van der Waals surface area contributed by atoms with Gasteiger partial charge in [0.25, 0.3) is 5.91 Å². The molecule has 3 heterocycles. The number of nitrogens with zero attached hydrogens (tertiary/aromatic N) is 2. The van der Waals surface area contributed by atoms with E-state index in [1.807, 2.05) is 23.5 Å². The highest BCUT2D eigenvalue weighted by Gasteiger charge is 2.29. The first-order chi connectivity index (χ1) is 14.8. The van der Waals surface area contributed by atoms with Crippen LogP contribution in [0.2, 0.25) is 0 Å². The fourth-order valence-corrected chi connectivity index (χ4v) is 5.79. The fraction of sp³-hybridized carbons (Fsp3) is 0.476. The number of carbonyl (C=O) groups is 1. The van der Waals surface area contributed by atoms with Crippen LogP contribution in [0.15, 0.2) is 24.5 Å². The van der Waals surface area contributed by atoms with Crippen molar-refractivity contribution in [2.24, 2.45) is 5.73 Å². The van der Waals surface area contributed by atoms with Crippen LogP contribution in [-0.2, 0) is 10.0 Å². The second kappa shape index (κ2) is 8.82. The maximum atomic E-state index is 12.2. The summed E-state index contributed by atoms with van der Waals surface area (Å²) in [6.07, 6.45) is 5.44. The molecule has 0 aliphatic carbocycles. The molecule has 0 saturated carbocycles. The quantitative estimate of drug-likeness (QED) is 0.543. The van der Waals surface area contributed by atoms with Crippen LogP contribution in [0.5, 0.6) is 0 Å². The number of fused-ring (bicyclic) bond motifs is 1. The minimum Gasteiger partial charge on any atom is -0.366 e. The largest absolute Gasteiger partial charge is 0.366 e. The lowest BCUT2D eigenvalue weighted by Crippen LogP contribution is -2.38. The number of nitrogens with two attached hydrogens (primary N) is 1. The van der Waals surface area contributed by atoms with Gasteiger partial charge in [-0.1, -0.05) is 0 Å². The van der Waals surface area contributed by atoms with E-state index in [0.29, 0.717) is 37.6 Å². The lowest BCUT2D eigenvalue weighted by molar-refractivity contribution is 0.100. The van der Waals surface area contributed by atoms with E-state index < -0.39 is 15.9 Å². The second-order valence-electron chi connectivity index (χ2n) is 8.00. The van der Waals surface area contributed by atoms with Gasteiger partial charge in [-0.05, 0) is 54.5 Å². The van der Waals surface area contributed by atoms with Crippen LogP contribution in [0, 0.1) is 0 Å². The second-order valence-corrected chi connectivity index (χ2v) is 10.6. The van der Waals surface area contributed by atoms with Gasteiger partial charge >= 0.3 is 0 Å². The smallest absolute Gasteiger partial charge is 0.250 e. The molecule has 1 aromatic heterocycles. The molecule has 2 aliphatic rings. The molecule has 4 rings (SSSR count). The Morgan fingerprint density at radius 3 is 2.68 bits per heavy atom. The lowest BCUT2D eigenvalue weighted by Gasteiger charge is -2.31. The number of hydrogen-bond donors (Lipinski definition) is 3. The number of sulfonamides is 1. The fourth-order valence-electron chi connectivity index (χ4n) is 4.48. The van der Waals surface area contributed by atoms with Gasteiger partial charge in [-0.2, -0.15) is 0 Å². The number of primary amides is 1. The van der Waals surface area contributed by atoms with Gasteiger partial charge < -0.3 is 15.7 Å². The van der Waals surface area contributed by atoms with Gasteiger partial charge in [-0.25, -0.2) is 18.1 Å². The Bertz CT molecular complexity index is 1120. The summed E-state index contributed by atoms with van der Waals surface area (Å²) in [5, 5.41) is 2.91. The number of carbonyl (C=O) groups excluding carboxylic acids is 1. The monoisotopic (exact) mass is 465 g/mol. The number of benzene rings is 1. The maximum Gasteiger partial charge on any atom is 0.250 e. The number of aromatic nitrogens is 1. The minimum atomic E-state index is -3.17. The van der Waals surface area contributed by atoms with Crippen molar-refractivity contribution < 1.29 is 13.2 Å². The van der Waals surface area contributed by atoms with Crippen molar-refractivity contribution in [2.75, 3.05) is 37.8 Å². The molecule has 2 aromatic rings. The first kappa shape index (κ1) is 22.1. The zero-order chi connectivity index (χ0) is 22.2. The van der Waals surface area contributed by atoms with Crippen LogP contribution in [0.3, 0.4) is 0 Å². The number of nitrogens with one attached hydrogen (secondary N) is 2. The Kier molecular flexibility index (Phi) is 6.30. The van der Waals surface area contributed by atoms with E-state index in [0.717, 1.165) is 40.4 Å². The van der Waals surface area contributed by atoms with E-state index in [9.17, 15) is 13.2 Å². The van der Waals surface area contributed by atoms with E-state index >= 15 is 0 Å². The van der Waals surface area contributed by atoms with Gasteiger partial charge in [-0.15, -0.1) is 11.6 Å². The summed E-state index contributed by atoms with van der Waals surface area (Å²) in [6.45, 7) is 4.03. The Morgan fingerprint density at radius 2 is 2.03 bits per heavy atom. The van der Waals surface area contributed by atoms with Gasteiger partial charge in [0.15, 0.2) is 0 Å². The molecule has 0 spiro atoms. The summed E-state index contributed by atoms with van der Waals surface area (Å²) in [6, 6.07) is 3.93. The third kappa shape index (κ3) is 4.32. The van der Waals surface area contributed by atoms with Gasteiger partial charge in [-0.3, -0.25) is 4.79 Å². The Hall–Kier alpha value is -2.07. The lowest BCUT2D eigenvalue weighted by atomic mass is 9.88. The standard InChI is InChI=1S/C21H28ClN5O3S/c1-2-31(29,30)27-6-3-14(4-7-27)19-12-24-20-17(19)9-15(10-18(20)21(23)28)16-11-25-26(13-16)8-5-22/h9-10,12-14,24-25H,2-8,11H2,1H3,(H2,23,28). The van der Waals surface area contributed by atoms with Crippen LogP contribution < -0.4 is 11.2 Å². The third-order valence-corrected chi connectivity index (χ3v) is 8.27. The molecule has 0 bridgehead atoms. The van der Waals surface area contributed by atoms with Crippen molar-refractivity contribution in [3.63, 3.8) is 0 Å². The summed E-state index contributed by atoms with van der Waals surface area (Å²) >= 11 is 5.84. The maximum absolute atomic E-state index is 12.2. The highest BCUT2D eigenvalue weighted by atomic mass is 35.5. The number of amides is 1. The molecule has 31 heavy (non-hydrogen) atoms. The number of aromatic amines is 1. The highest BCUT2D eigenvalue weighted by molar-refractivity contribution is 7.89. The highest BCUT2D eigenvalue weighted by Crippen LogP contribution is 2.36. The molecule has 8 nitrogen and oxygen atoms in total. The summed E-state index contributed by atoms with van der Waals surface area (Å²) in [5.41, 5.74) is 13.3. The first-order valence-corrected chi connectivity index (χ1v) is 12.7. The van der Waals surface area contributed by atoms with E-state index in [4.69, 9.17) is 17.3 Å². The van der Waals surface area contributed by atoms with E-state index in [2.05, 4.69) is 16.5 Å². The molecule has 0 unspecified atom stereocenters. The molecular weight excluding hydrogens is 438 g/mol. The van der Waals surface area contributed by atoms with Gasteiger partial charge in [0, 0.05) is 49.8 Å². The van der Waals surface area contributed by atoms with Crippen LogP contribution in [0.4, 0.5) is 0 Å². The number of hydrazine groups is 1. The van der Waals surface area contributed by atoms with Gasteiger partial charge in [0.1, 0.15) is 0 Å². The van der Waals surface area contributed by atoms with E-state index in [1.165, 1.54) is 0 Å². The van der Waals surface area contributed by atoms with Crippen LogP contribution in [0.1, 0.15) is 47.2 Å². The summed E-state index contributed by atoms with van der Waals surface area (Å²) in [5.74, 6) is 0.376. The molecule has 1 amide bonds. The molecule has 168 valence electrons. The topological polar surface area (TPSA) is 112 Å². The summed E-state index contributed by atoms with van der Waals surface area (Å²) in [7, 11) is -3.17. The molecule has 1 saturated heterocycles. The average molecular weight is 466 g/mol. The molecule has 1 fully saturated rings. The van der Waals surface area contributed by atoms with Crippen molar-refractivity contribution >= 4 is 44.0 Å².